The molecular weight excluding hydrogens is 224 g/mol. The SMILES string of the molecule is CCNC(CC)(CO)CCCN(C)CC1CCC1. The molecule has 1 rings (SSSR count). The van der Waals surface area contributed by atoms with Crippen molar-refractivity contribution in [3.8, 4) is 0 Å². The Balaban J connectivity index is 2.20. The van der Waals surface area contributed by atoms with Crippen molar-refractivity contribution in [1.82, 2.24) is 10.2 Å². The number of nitrogens with one attached hydrogen (secondary N) is 1. The molecule has 1 atom stereocenters. The Morgan fingerprint density at radius 2 is 2.06 bits per heavy atom. The highest BCUT2D eigenvalue weighted by atomic mass is 16.3. The van der Waals surface area contributed by atoms with Crippen LogP contribution in [0.25, 0.3) is 0 Å². The van der Waals surface area contributed by atoms with Gasteiger partial charge in [-0.3, -0.25) is 0 Å². The molecule has 0 aromatic rings. The van der Waals surface area contributed by atoms with Gasteiger partial charge in [-0.15, -0.1) is 0 Å². The molecule has 0 amide bonds. The van der Waals surface area contributed by atoms with E-state index in [1.54, 1.807) is 0 Å². The van der Waals surface area contributed by atoms with Gasteiger partial charge in [0.2, 0.25) is 0 Å². The van der Waals surface area contributed by atoms with Crippen molar-refractivity contribution in [3.63, 3.8) is 0 Å². The molecule has 1 aliphatic carbocycles. The van der Waals surface area contributed by atoms with Gasteiger partial charge in [0.1, 0.15) is 0 Å². The van der Waals surface area contributed by atoms with Gasteiger partial charge in [-0.1, -0.05) is 20.3 Å². The zero-order valence-corrected chi connectivity index (χ0v) is 12.5. The lowest BCUT2D eigenvalue weighted by atomic mass is 9.85. The van der Waals surface area contributed by atoms with Gasteiger partial charge in [-0.2, -0.15) is 0 Å². The highest BCUT2D eigenvalue weighted by Crippen LogP contribution is 2.27. The van der Waals surface area contributed by atoms with E-state index in [4.69, 9.17) is 0 Å². The second-order valence-electron chi connectivity index (χ2n) is 5.99. The Morgan fingerprint density at radius 1 is 1.33 bits per heavy atom. The summed E-state index contributed by atoms with van der Waals surface area (Å²) in [5, 5.41) is 13.1. The maximum Gasteiger partial charge on any atom is 0.0613 e. The molecule has 18 heavy (non-hydrogen) atoms. The van der Waals surface area contributed by atoms with Crippen LogP contribution in [0.1, 0.15) is 52.4 Å². The molecule has 0 aliphatic heterocycles. The quantitative estimate of drug-likeness (QED) is 0.629. The summed E-state index contributed by atoms with van der Waals surface area (Å²) in [4.78, 5) is 2.47. The van der Waals surface area contributed by atoms with E-state index in [2.05, 4.69) is 31.1 Å². The minimum absolute atomic E-state index is 0.0495. The van der Waals surface area contributed by atoms with Gasteiger partial charge in [0.05, 0.1) is 6.61 Å². The number of aliphatic hydroxyl groups excluding tert-OH is 1. The molecule has 0 aromatic heterocycles. The third-order valence-electron chi connectivity index (χ3n) is 4.52. The third kappa shape index (κ3) is 4.87. The van der Waals surface area contributed by atoms with Gasteiger partial charge >= 0.3 is 0 Å². The molecule has 2 N–H and O–H groups in total. The first-order chi connectivity index (χ1) is 8.65. The van der Waals surface area contributed by atoms with Crippen molar-refractivity contribution in [2.75, 3.05) is 33.3 Å². The number of hydrogen-bond acceptors (Lipinski definition) is 3. The molecule has 0 bridgehead atoms. The van der Waals surface area contributed by atoms with Crippen LogP contribution in [0.15, 0.2) is 0 Å². The average Bonchev–Trinajstić information content (AvgIpc) is 2.33. The highest BCUT2D eigenvalue weighted by molar-refractivity contribution is 4.86. The van der Waals surface area contributed by atoms with Gasteiger partial charge in [0.15, 0.2) is 0 Å². The van der Waals surface area contributed by atoms with E-state index in [-0.39, 0.29) is 12.1 Å². The first-order valence-electron chi connectivity index (χ1n) is 7.70. The van der Waals surface area contributed by atoms with Crippen molar-refractivity contribution in [2.45, 2.75) is 57.9 Å². The van der Waals surface area contributed by atoms with E-state index < -0.39 is 0 Å². The monoisotopic (exact) mass is 256 g/mol. The molecule has 0 spiro atoms. The number of likely N-dealkylation sites (N-methyl/N-ethyl adjacent to an activating group) is 1. The van der Waals surface area contributed by atoms with Gasteiger partial charge in [-0.25, -0.2) is 0 Å². The lowest BCUT2D eigenvalue weighted by Crippen LogP contribution is -2.48. The maximum absolute atomic E-state index is 9.59. The summed E-state index contributed by atoms with van der Waals surface area (Å²) in [6.45, 7) is 7.89. The number of nitrogens with zero attached hydrogens (tertiary/aromatic N) is 1. The summed E-state index contributed by atoms with van der Waals surface area (Å²) in [6, 6.07) is 0. The minimum atomic E-state index is -0.0495. The largest absolute Gasteiger partial charge is 0.394 e. The molecular formula is C15H32N2O. The summed E-state index contributed by atoms with van der Waals surface area (Å²) in [5.74, 6) is 0.956. The van der Waals surface area contributed by atoms with Crippen molar-refractivity contribution in [1.29, 1.82) is 0 Å². The van der Waals surface area contributed by atoms with Crippen molar-refractivity contribution >= 4 is 0 Å². The van der Waals surface area contributed by atoms with E-state index in [9.17, 15) is 5.11 Å². The summed E-state index contributed by atoms with van der Waals surface area (Å²) in [5.41, 5.74) is -0.0495. The molecule has 0 heterocycles. The topological polar surface area (TPSA) is 35.5 Å². The molecule has 0 saturated heterocycles. The van der Waals surface area contributed by atoms with Crippen molar-refractivity contribution in [3.05, 3.63) is 0 Å². The van der Waals surface area contributed by atoms with Crippen molar-refractivity contribution < 1.29 is 5.11 Å². The van der Waals surface area contributed by atoms with Crippen molar-refractivity contribution in [2.24, 2.45) is 5.92 Å². The molecule has 3 nitrogen and oxygen atoms in total. The molecule has 3 heteroatoms. The fraction of sp³-hybridized carbons (Fsp3) is 1.00. The van der Waals surface area contributed by atoms with E-state index >= 15 is 0 Å². The predicted octanol–water partition coefficient (Wildman–Crippen LogP) is 2.25. The molecule has 0 radical (unpaired) electrons. The molecule has 1 aliphatic rings. The second kappa shape index (κ2) is 8.13. The van der Waals surface area contributed by atoms with Crippen LogP contribution < -0.4 is 5.32 Å². The van der Waals surface area contributed by atoms with E-state index in [1.807, 2.05) is 0 Å². The first kappa shape index (κ1) is 15.9. The summed E-state index contributed by atoms with van der Waals surface area (Å²) in [6.07, 6.45) is 7.54. The number of hydrogen-bond donors (Lipinski definition) is 2. The predicted molar refractivity (Wildman–Crippen MR) is 77.9 cm³/mol. The Kier molecular flexibility index (Phi) is 7.20. The number of aliphatic hydroxyl groups is 1. The highest BCUT2D eigenvalue weighted by Gasteiger charge is 2.25. The lowest BCUT2D eigenvalue weighted by Gasteiger charge is -2.33. The number of rotatable bonds is 10. The van der Waals surface area contributed by atoms with E-state index in [1.165, 1.54) is 32.2 Å². The Bertz CT molecular complexity index is 213. The van der Waals surface area contributed by atoms with Crippen LogP contribution in [0.2, 0.25) is 0 Å². The smallest absolute Gasteiger partial charge is 0.0613 e. The van der Waals surface area contributed by atoms with Crippen LogP contribution in [-0.2, 0) is 0 Å². The normalized spacial score (nSPS) is 19.8. The fourth-order valence-corrected chi connectivity index (χ4v) is 2.91. The Morgan fingerprint density at radius 3 is 2.50 bits per heavy atom. The standard InChI is InChI=1S/C15H32N2O/c1-4-15(13-18,16-5-2)10-7-11-17(3)12-14-8-6-9-14/h14,16,18H,4-13H2,1-3H3. The van der Waals surface area contributed by atoms with Crippen LogP contribution in [0.4, 0.5) is 0 Å². The Labute approximate surface area is 113 Å². The second-order valence-corrected chi connectivity index (χ2v) is 5.99. The molecule has 1 fully saturated rings. The maximum atomic E-state index is 9.59. The molecule has 108 valence electrons. The fourth-order valence-electron chi connectivity index (χ4n) is 2.91. The van der Waals surface area contributed by atoms with Gasteiger partial charge < -0.3 is 15.3 Å². The van der Waals surface area contributed by atoms with Crippen LogP contribution in [0.3, 0.4) is 0 Å². The lowest BCUT2D eigenvalue weighted by molar-refractivity contribution is 0.138. The van der Waals surface area contributed by atoms with E-state index in [0.717, 1.165) is 31.8 Å². The van der Waals surface area contributed by atoms with Gasteiger partial charge in [-0.05, 0) is 58.2 Å². The van der Waals surface area contributed by atoms with Gasteiger partial charge in [0.25, 0.3) is 0 Å². The summed E-state index contributed by atoms with van der Waals surface area (Å²) < 4.78 is 0. The summed E-state index contributed by atoms with van der Waals surface area (Å²) in [7, 11) is 2.23. The van der Waals surface area contributed by atoms with E-state index in [0.29, 0.717) is 0 Å². The first-order valence-corrected chi connectivity index (χ1v) is 7.70. The van der Waals surface area contributed by atoms with Crippen LogP contribution in [-0.4, -0.2) is 48.8 Å². The Hall–Kier alpha value is -0.120. The van der Waals surface area contributed by atoms with Gasteiger partial charge in [0, 0.05) is 12.1 Å². The van der Waals surface area contributed by atoms with Crippen LogP contribution in [0, 0.1) is 5.92 Å². The zero-order chi connectivity index (χ0) is 13.4. The minimum Gasteiger partial charge on any atom is -0.394 e. The molecule has 0 aromatic carbocycles. The summed E-state index contributed by atoms with van der Waals surface area (Å²) >= 11 is 0. The average molecular weight is 256 g/mol. The molecule has 1 unspecified atom stereocenters. The van der Waals surface area contributed by atoms with Crippen LogP contribution >= 0.6 is 0 Å². The van der Waals surface area contributed by atoms with Crippen LogP contribution in [0.5, 0.6) is 0 Å². The molecule has 1 saturated carbocycles. The zero-order valence-electron chi connectivity index (χ0n) is 12.5. The third-order valence-corrected chi connectivity index (χ3v) is 4.52.